The maximum Gasteiger partial charge on any atom is 0.319 e. The van der Waals surface area contributed by atoms with Crippen molar-refractivity contribution < 1.29 is 14.3 Å². The Balaban J connectivity index is 1.37. The van der Waals surface area contributed by atoms with Crippen LogP contribution in [-0.4, -0.2) is 25.2 Å². The van der Waals surface area contributed by atoms with E-state index in [4.69, 9.17) is 9.47 Å². The van der Waals surface area contributed by atoms with Gasteiger partial charge in [0.25, 0.3) is 0 Å². The molecular weight excluding hydrogens is 398 g/mol. The molecule has 0 saturated heterocycles. The van der Waals surface area contributed by atoms with E-state index >= 15 is 0 Å². The molecule has 0 unspecified atom stereocenters. The van der Waals surface area contributed by atoms with Crippen molar-refractivity contribution in [1.29, 1.82) is 0 Å². The van der Waals surface area contributed by atoms with Crippen LogP contribution in [0.15, 0.2) is 66.7 Å². The summed E-state index contributed by atoms with van der Waals surface area (Å²) in [4.78, 5) is 16.9. The lowest BCUT2D eigenvalue weighted by Crippen LogP contribution is -2.28. The standard InChI is InChI=1S/C23H21N3O3S/c1-28-19-12-7-15(13-20(19)29-2)14-24-23(27)25-17-10-8-16(9-11-17)22-26-18-5-3-4-6-21(18)30-22/h3-13H,14H2,1-2H3,(H2,24,25,27). The summed E-state index contributed by atoms with van der Waals surface area (Å²) >= 11 is 1.65. The van der Waals surface area contributed by atoms with Gasteiger partial charge in [-0.3, -0.25) is 0 Å². The Morgan fingerprint density at radius 1 is 0.967 bits per heavy atom. The molecule has 0 radical (unpaired) electrons. The molecule has 30 heavy (non-hydrogen) atoms. The highest BCUT2D eigenvalue weighted by Crippen LogP contribution is 2.30. The van der Waals surface area contributed by atoms with Gasteiger partial charge in [-0.1, -0.05) is 18.2 Å². The number of thiazole rings is 1. The van der Waals surface area contributed by atoms with Crippen LogP contribution in [0.3, 0.4) is 0 Å². The summed E-state index contributed by atoms with van der Waals surface area (Å²) in [6, 6.07) is 21.0. The number of amides is 2. The van der Waals surface area contributed by atoms with Gasteiger partial charge in [-0.05, 0) is 54.1 Å². The van der Waals surface area contributed by atoms with Crippen LogP contribution >= 0.6 is 11.3 Å². The van der Waals surface area contributed by atoms with E-state index in [9.17, 15) is 4.79 Å². The molecule has 1 aromatic heterocycles. The van der Waals surface area contributed by atoms with Gasteiger partial charge < -0.3 is 20.1 Å². The number of para-hydroxylation sites is 1. The second kappa shape index (κ2) is 8.84. The van der Waals surface area contributed by atoms with Crippen molar-refractivity contribution in [3.63, 3.8) is 0 Å². The van der Waals surface area contributed by atoms with E-state index in [1.807, 2.05) is 60.7 Å². The fourth-order valence-corrected chi connectivity index (χ4v) is 4.01. The van der Waals surface area contributed by atoms with Crippen LogP contribution in [0.25, 0.3) is 20.8 Å². The van der Waals surface area contributed by atoms with E-state index in [0.29, 0.717) is 23.7 Å². The summed E-state index contributed by atoms with van der Waals surface area (Å²) in [5.41, 5.74) is 3.64. The Morgan fingerprint density at radius 2 is 1.73 bits per heavy atom. The average molecular weight is 420 g/mol. The highest BCUT2D eigenvalue weighted by molar-refractivity contribution is 7.21. The molecule has 7 heteroatoms. The number of nitrogens with one attached hydrogen (secondary N) is 2. The predicted molar refractivity (Wildman–Crippen MR) is 120 cm³/mol. The third-order valence-electron chi connectivity index (χ3n) is 4.58. The topological polar surface area (TPSA) is 72.5 Å². The maximum atomic E-state index is 12.2. The number of methoxy groups -OCH3 is 2. The lowest BCUT2D eigenvalue weighted by Gasteiger charge is -2.11. The molecule has 0 bridgehead atoms. The third kappa shape index (κ3) is 4.36. The van der Waals surface area contributed by atoms with Crippen LogP contribution in [0, 0.1) is 0 Å². The van der Waals surface area contributed by atoms with Crippen molar-refractivity contribution in [2.75, 3.05) is 19.5 Å². The molecule has 0 aliphatic carbocycles. The molecule has 0 saturated carbocycles. The van der Waals surface area contributed by atoms with Crippen molar-refractivity contribution in [3.8, 4) is 22.1 Å². The van der Waals surface area contributed by atoms with Gasteiger partial charge in [0, 0.05) is 17.8 Å². The van der Waals surface area contributed by atoms with E-state index in [0.717, 1.165) is 26.4 Å². The van der Waals surface area contributed by atoms with Crippen molar-refractivity contribution in [2.24, 2.45) is 0 Å². The molecule has 1 heterocycles. The van der Waals surface area contributed by atoms with Gasteiger partial charge in [-0.15, -0.1) is 11.3 Å². The minimum atomic E-state index is -0.280. The van der Waals surface area contributed by atoms with Crippen LogP contribution in [0.2, 0.25) is 0 Å². The Labute approximate surface area is 178 Å². The number of urea groups is 1. The number of rotatable bonds is 6. The van der Waals surface area contributed by atoms with Crippen LogP contribution in [0.1, 0.15) is 5.56 Å². The molecule has 0 aliphatic rings. The van der Waals surface area contributed by atoms with Gasteiger partial charge in [0.05, 0.1) is 24.4 Å². The Bertz CT molecular complexity index is 1140. The Kier molecular flexibility index (Phi) is 5.81. The number of aromatic nitrogens is 1. The molecule has 2 N–H and O–H groups in total. The largest absolute Gasteiger partial charge is 0.493 e. The van der Waals surface area contributed by atoms with Crippen LogP contribution in [0.4, 0.5) is 10.5 Å². The number of benzene rings is 3. The normalized spacial score (nSPS) is 10.6. The number of fused-ring (bicyclic) bond motifs is 1. The molecule has 4 aromatic rings. The van der Waals surface area contributed by atoms with E-state index in [1.165, 1.54) is 0 Å². The second-order valence-corrected chi connectivity index (χ2v) is 7.59. The van der Waals surface area contributed by atoms with Crippen LogP contribution in [0.5, 0.6) is 11.5 Å². The second-order valence-electron chi connectivity index (χ2n) is 6.56. The maximum absolute atomic E-state index is 12.2. The highest BCUT2D eigenvalue weighted by Gasteiger charge is 2.08. The molecule has 152 valence electrons. The summed E-state index contributed by atoms with van der Waals surface area (Å²) in [7, 11) is 3.17. The van der Waals surface area contributed by atoms with Gasteiger partial charge in [0.15, 0.2) is 11.5 Å². The smallest absolute Gasteiger partial charge is 0.319 e. The number of nitrogens with zero attached hydrogens (tertiary/aromatic N) is 1. The van der Waals surface area contributed by atoms with Crippen molar-refractivity contribution in [3.05, 3.63) is 72.3 Å². The zero-order chi connectivity index (χ0) is 20.9. The van der Waals surface area contributed by atoms with E-state index in [1.54, 1.807) is 25.6 Å². The Morgan fingerprint density at radius 3 is 2.47 bits per heavy atom. The fourth-order valence-electron chi connectivity index (χ4n) is 3.04. The number of anilines is 1. The first-order valence-electron chi connectivity index (χ1n) is 9.38. The summed E-state index contributed by atoms with van der Waals surface area (Å²) in [6.45, 7) is 0.371. The lowest BCUT2D eigenvalue weighted by atomic mass is 10.2. The first-order valence-corrected chi connectivity index (χ1v) is 10.2. The minimum absolute atomic E-state index is 0.280. The molecule has 0 atom stereocenters. The van der Waals surface area contributed by atoms with E-state index in [-0.39, 0.29) is 6.03 Å². The summed E-state index contributed by atoms with van der Waals surface area (Å²) in [5.74, 6) is 1.28. The SMILES string of the molecule is COc1ccc(CNC(=O)Nc2ccc(-c3nc4ccccc4s3)cc2)cc1OC. The van der Waals surface area contributed by atoms with Gasteiger partial charge >= 0.3 is 6.03 Å². The number of hydrogen-bond acceptors (Lipinski definition) is 5. The molecule has 2 amide bonds. The fraction of sp³-hybridized carbons (Fsp3) is 0.130. The number of carbonyl (C=O) groups is 1. The lowest BCUT2D eigenvalue weighted by molar-refractivity contribution is 0.251. The minimum Gasteiger partial charge on any atom is -0.493 e. The highest BCUT2D eigenvalue weighted by atomic mass is 32.1. The van der Waals surface area contributed by atoms with Crippen molar-refractivity contribution in [1.82, 2.24) is 10.3 Å². The third-order valence-corrected chi connectivity index (χ3v) is 5.67. The van der Waals surface area contributed by atoms with Crippen molar-refractivity contribution >= 4 is 33.3 Å². The molecule has 0 aliphatic heterocycles. The average Bonchev–Trinajstić information content (AvgIpc) is 3.22. The number of carbonyl (C=O) groups excluding carboxylic acids is 1. The Hall–Kier alpha value is -3.58. The van der Waals surface area contributed by atoms with Gasteiger partial charge in [0.1, 0.15) is 5.01 Å². The van der Waals surface area contributed by atoms with Gasteiger partial charge in [-0.2, -0.15) is 0 Å². The summed E-state index contributed by atoms with van der Waals surface area (Å²) in [6.07, 6.45) is 0. The van der Waals surface area contributed by atoms with Gasteiger partial charge in [-0.25, -0.2) is 9.78 Å². The quantitative estimate of drug-likeness (QED) is 0.445. The van der Waals surface area contributed by atoms with Gasteiger partial charge in [0.2, 0.25) is 0 Å². The molecule has 6 nitrogen and oxygen atoms in total. The van der Waals surface area contributed by atoms with Crippen LogP contribution in [-0.2, 0) is 6.54 Å². The first-order chi connectivity index (χ1) is 14.7. The zero-order valence-corrected chi connectivity index (χ0v) is 17.5. The first kappa shape index (κ1) is 19.7. The van der Waals surface area contributed by atoms with Crippen LogP contribution < -0.4 is 20.1 Å². The monoisotopic (exact) mass is 419 g/mol. The molecule has 0 spiro atoms. The molecule has 4 rings (SSSR count). The van der Waals surface area contributed by atoms with Crippen molar-refractivity contribution in [2.45, 2.75) is 6.54 Å². The molecule has 3 aromatic carbocycles. The molecule has 0 fully saturated rings. The summed E-state index contributed by atoms with van der Waals surface area (Å²) in [5, 5.41) is 6.65. The summed E-state index contributed by atoms with van der Waals surface area (Å²) < 4.78 is 11.7. The number of ether oxygens (including phenoxy) is 2. The zero-order valence-electron chi connectivity index (χ0n) is 16.6. The number of hydrogen-bond donors (Lipinski definition) is 2. The van der Waals surface area contributed by atoms with E-state index in [2.05, 4.69) is 21.7 Å². The molecular formula is C23H21N3O3S. The van der Waals surface area contributed by atoms with E-state index < -0.39 is 0 Å². The predicted octanol–water partition coefficient (Wildman–Crippen LogP) is 5.30.